The molecular formula is C19H24N2O3. The number of carbonyl (C=O) groups excluding carboxylic acids is 1. The highest BCUT2D eigenvalue weighted by molar-refractivity contribution is 5.80. The fourth-order valence-electron chi connectivity index (χ4n) is 3.88. The quantitative estimate of drug-likeness (QED) is 0.847. The zero-order valence-electron chi connectivity index (χ0n) is 13.9. The van der Waals surface area contributed by atoms with Crippen molar-refractivity contribution < 1.29 is 9.21 Å². The first-order valence-corrected chi connectivity index (χ1v) is 9.10. The lowest BCUT2D eigenvalue weighted by molar-refractivity contribution is -0.133. The van der Waals surface area contributed by atoms with Gasteiger partial charge in [0.1, 0.15) is 6.54 Å². The number of para-hydroxylation sites is 2. The molecule has 128 valence electrons. The Morgan fingerprint density at radius 2 is 1.88 bits per heavy atom. The number of rotatable bonds is 5. The Balaban J connectivity index is 1.52. The van der Waals surface area contributed by atoms with Gasteiger partial charge in [-0.1, -0.05) is 31.4 Å². The topological polar surface area (TPSA) is 55.5 Å². The van der Waals surface area contributed by atoms with E-state index in [0.29, 0.717) is 23.1 Å². The summed E-state index contributed by atoms with van der Waals surface area (Å²) in [5.74, 6) is 0.232. The molecule has 1 aromatic heterocycles. The molecular weight excluding hydrogens is 304 g/mol. The minimum absolute atomic E-state index is 0.0525. The Morgan fingerprint density at radius 3 is 2.62 bits per heavy atom. The monoisotopic (exact) mass is 328 g/mol. The van der Waals surface area contributed by atoms with Crippen LogP contribution in [0, 0.1) is 5.92 Å². The van der Waals surface area contributed by atoms with Crippen LogP contribution in [-0.2, 0) is 11.3 Å². The molecule has 4 rings (SSSR count). The Bertz CT molecular complexity index is 781. The number of nitrogens with zero attached hydrogens (tertiary/aromatic N) is 2. The molecule has 0 unspecified atom stereocenters. The summed E-state index contributed by atoms with van der Waals surface area (Å²) in [6, 6.07) is 7.66. The summed E-state index contributed by atoms with van der Waals surface area (Å²) in [7, 11) is 0. The number of oxazole rings is 1. The summed E-state index contributed by atoms with van der Waals surface area (Å²) in [4.78, 5) is 27.0. The predicted molar refractivity (Wildman–Crippen MR) is 91.8 cm³/mol. The molecule has 0 atom stereocenters. The molecule has 0 aliphatic heterocycles. The molecule has 5 nitrogen and oxygen atoms in total. The van der Waals surface area contributed by atoms with Crippen molar-refractivity contribution in [3.05, 3.63) is 34.8 Å². The van der Waals surface area contributed by atoms with Crippen LogP contribution in [0.15, 0.2) is 33.5 Å². The van der Waals surface area contributed by atoms with E-state index >= 15 is 0 Å². The second kappa shape index (κ2) is 6.46. The number of amides is 1. The van der Waals surface area contributed by atoms with Gasteiger partial charge in [0.15, 0.2) is 5.58 Å². The first-order chi connectivity index (χ1) is 11.7. The van der Waals surface area contributed by atoms with E-state index in [1.165, 1.54) is 36.7 Å². The van der Waals surface area contributed by atoms with Crippen molar-refractivity contribution in [2.75, 3.05) is 6.54 Å². The van der Waals surface area contributed by atoms with Gasteiger partial charge in [0, 0.05) is 12.6 Å². The highest BCUT2D eigenvalue weighted by Gasteiger charge is 2.34. The van der Waals surface area contributed by atoms with E-state index in [-0.39, 0.29) is 12.5 Å². The number of aromatic nitrogens is 1. The maximum absolute atomic E-state index is 12.9. The van der Waals surface area contributed by atoms with Gasteiger partial charge in [-0.25, -0.2) is 4.79 Å². The lowest BCUT2D eigenvalue weighted by atomic mass is 9.89. The number of carbonyl (C=O) groups is 1. The fourth-order valence-corrected chi connectivity index (χ4v) is 3.88. The summed E-state index contributed by atoms with van der Waals surface area (Å²) in [6.07, 6.45) is 8.53. The van der Waals surface area contributed by atoms with Gasteiger partial charge < -0.3 is 9.32 Å². The van der Waals surface area contributed by atoms with Gasteiger partial charge in [-0.15, -0.1) is 0 Å². The molecule has 2 saturated carbocycles. The number of benzene rings is 1. The summed E-state index contributed by atoms with van der Waals surface area (Å²) in [5, 5.41) is 0. The molecule has 1 amide bonds. The Hall–Kier alpha value is -2.04. The Kier molecular flexibility index (Phi) is 4.17. The maximum Gasteiger partial charge on any atom is 0.420 e. The van der Waals surface area contributed by atoms with Gasteiger partial charge in [0.05, 0.1) is 5.52 Å². The summed E-state index contributed by atoms with van der Waals surface area (Å²) in [6.45, 7) is 0.938. The lowest BCUT2D eigenvalue weighted by Gasteiger charge is -2.30. The van der Waals surface area contributed by atoms with E-state index in [4.69, 9.17) is 4.42 Å². The zero-order chi connectivity index (χ0) is 16.5. The molecule has 0 spiro atoms. The van der Waals surface area contributed by atoms with Gasteiger partial charge in [-0.3, -0.25) is 9.36 Å². The molecule has 0 bridgehead atoms. The minimum atomic E-state index is -0.446. The van der Waals surface area contributed by atoms with Gasteiger partial charge in [0.25, 0.3) is 0 Å². The van der Waals surface area contributed by atoms with Crippen LogP contribution in [0.1, 0.15) is 44.9 Å². The van der Waals surface area contributed by atoms with Crippen molar-refractivity contribution in [3.8, 4) is 0 Å². The van der Waals surface area contributed by atoms with Gasteiger partial charge >= 0.3 is 5.76 Å². The molecule has 1 heterocycles. The van der Waals surface area contributed by atoms with Crippen molar-refractivity contribution in [2.24, 2.45) is 5.92 Å². The third-order valence-electron chi connectivity index (χ3n) is 5.35. The lowest BCUT2D eigenvalue weighted by Crippen LogP contribution is -2.40. The van der Waals surface area contributed by atoms with Crippen LogP contribution in [-0.4, -0.2) is 28.0 Å². The maximum atomic E-state index is 12.9. The van der Waals surface area contributed by atoms with E-state index < -0.39 is 5.76 Å². The molecule has 0 radical (unpaired) electrons. The molecule has 2 fully saturated rings. The normalized spacial score (nSPS) is 18.8. The first-order valence-electron chi connectivity index (χ1n) is 9.10. The van der Waals surface area contributed by atoms with Crippen molar-refractivity contribution >= 4 is 17.0 Å². The van der Waals surface area contributed by atoms with Crippen LogP contribution in [0.25, 0.3) is 11.1 Å². The molecule has 2 aliphatic rings. The molecule has 1 aromatic carbocycles. The third-order valence-corrected chi connectivity index (χ3v) is 5.35. The highest BCUT2D eigenvalue weighted by atomic mass is 16.4. The van der Waals surface area contributed by atoms with Crippen LogP contribution in [0.5, 0.6) is 0 Å². The van der Waals surface area contributed by atoms with Crippen molar-refractivity contribution in [2.45, 2.75) is 57.5 Å². The third kappa shape index (κ3) is 3.12. The van der Waals surface area contributed by atoms with Gasteiger partial charge in [0.2, 0.25) is 5.91 Å². The van der Waals surface area contributed by atoms with Gasteiger partial charge in [-0.05, 0) is 43.7 Å². The SMILES string of the molecule is O=C(Cn1c(=O)oc2ccccc21)N(CC1CCCCC1)C1CC1. The van der Waals surface area contributed by atoms with Gasteiger partial charge in [-0.2, -0.15) is 0 Å². The Labute approximate surface area is 141 Å². The Morgan fingerprint density at radius 1 is 1.12 bits per heavy atom. The van der Waals surface area contributed by atoms with E-state index in [2.05, 4.69) is 0 Å². The standard InChI is InChI=1S/C19H24N2O3/c22-18(13-21-16-8-4-5-9-17(16)24-19(21)23)20(15-10-11-15)12-14-6-2-1-3-7-14/h4-5,8-9,14-15H,1-3,6-7,10-13H2. The van der Waals surface area contributed by atoms with Crippen LogP contribution >= 0.6 is 0 Å². The summed E-state index contributed by atoms with van der Waals surface area (Å²) in [5.41, 5.74) is 1.24. The van der Waals surface area contributed by atoms with Crippen LogP contribution in [0.2, 0.25) is 0 Å². The summed E-state index contributed by atoms with van der Waals surface area (Å²) < 4.78 is 6.71. The van der Waals surface area contributed by atoms with Crippen molar-refractivity contribution in [1.82, 2.24) is 9.47 Å². The second-order valence-corrected chi connectivity index (χ2v) is 7.20. The van der Waals surface area contributed by atoms with Crippen LogP contribution in [0.3, 0.4) is 0 Å². The van der Waals surface area contributed by atoms with E-state index in [9.17, 15) is 9.59 Å². The van der Waals surface area contributed by atoms with E-state index in [0.717, 1.165) is 19.4 Å². The average Bonchev–Trinajstić information content (AvgIpc) is 3.39. The summed E-state index contributed by atoms with van der Waals surface area (Å²) >= 11 is 0. The molecule has 0 N–H and O–H groups in total. The molecule has 2 aliphatic carbocycles. The number of hydrogen-bond donors (Lipinski definition) is 0. The second-order valence-electron chi connectivity index (χ2n) is 7.20. The fraction of sp³-hybridized carbons (Fsp3) is 0.579. The van der Waals surface area contributed by atoms with E-state index in [1.54, 1.807) is 6.07 Å². The first kappa shape index (κ1) is 15.5. The smallest absolute Gasteiger partial charge is 0.408 e. The minimum Gasteiger partial charge on any atom is -0.408 e. The number of hydrogen-bond acceptors (Lipinski definition) is 3. The molecule has 5 heteroatoms. The van der Waals surface area contributed by atoms with Crippen LogP contribution in [0.4, 0.5) is 0 Å². The largest absolute Gasteiger partial charge is 0.420 e. The molecule has 2 aromatic rings. The highest BCUT2D eigenvalue weighted by Crippen LogP contribution is 2.31. The van der Waals surface area contributed by atoms with Crippen LogP contribution < -0.4 is 5.76 Å². The zero-order valence-corrected chi connectivity index (χ0v) is 13.9. The number of fused-ring (bicyclic) bond motifs is 1. The average molecular weight is 328 g/mol. The molecule has 24 heavy (non-hydrogen) atoms. The van der Waals surface area contributed by atoms with Crippen molar-refractivity contribution in [1.29, 1.82) is 0 Å². The van der Waals surface area contributed by atoms with E-state index in [1.807, 2.05) is 23.1 Å². The predicted octanol–water partition coefficient (Wildman–Crippen LogP) is 3.17. The molecule has 0 saturated heterocycles. The van der Waals surface area contributed by atoms with Crippen molar-refractivity contribution in [3.63, 3.8) is 0 Å².